The monoisotopic (exact) mass is 495 g/mol. The summed E-state index contributed by atoms with van der Waals surface area (Å²) < 4.78 is 6.71. The van der Waals surface area contributed by atoms with E-state index in [0.717, 1.165) is 43.0 Å². The van der Waals surface area contributed by atoms with E-state index in [4.69, 9.17) is 9.73 Å². The Kier molecular flexibility index (Phi) is 8.30. The molecule has 0 unspecified atom stereocenters. The minimum Gasteiger partial charge on any atom is -0.381 e. The lowest BCUT2D eigenvalue weighted by Gasteiger charge is -2.37. The van der Waals surface area contributed by atoms with Crippen LogP contribution in [-0.2, 0) is 10.2 Å². The zero-order chi connectivity index (χ0) is 16.2. The van der Waals surface area contributed by atoms with Crippen molar-refractivity contribution in [2.24, 2.45) is 4.99 Å². The Labute approximate surface area is 165 Å². The van der Waals surface area contributed by atoms with Gasteiger partial charge in [-0.25, -0.2) is 0 Å². The van der Waals surface area contributed by atoms with E-state index in [-0.39, 0.29) is 29.4 Å². The summed E-state index contributed by atoms with van der Waals surface area (Å²) >= 11 is 3.52. The van der Waals surface area contributed by atoms with Crippen molar-refractivity contribution >= 4 is 45.9 Å². The fraction of sp³-hybridized carbons (Fsp3) is 0.588. The fourth-order valence-corrected chi connectivity index (χ4v) is 3.27. The first-order valence-corrected chi connectivity index (χ1v) is 8.47. The van der Waals surface area contributed by atoms with Gasteiger partial charge in [-0.3, -0.25) is 4.99 Å². The van der Waals surface area contributed by atoms with Crippen molar-refractivity contribution in [2.45, 2.75) is 18.3 Å². The summed E-state index contributed by atoms with van der Waals surface area (Å²) in [5.41, 5.74) is 1.44. The minimum absolute atomic E-state index is 0. The highest BCUT2D eigenvalue weighted by atomic mass is 127. The Balaban J connectivity index is 0.00000264. The fourth-order valence-electron chi connectivity index (χ4n) is 3.01. The average Bonchev–Trinajstić information content (AvgIpc) is 2.48. The molecule has 2 rings (SSSR count). The van der Waals surface area contributed by atoms with Crippen molar-refractivity contribution in [1.29, 1.82) is 0 Å². The van der Waals surface area contributed by atoms with Crippen LogP contribution in [0.15, 0.2) is 33.7 Å². The molecule has 0 aliphatic carbocycles. The zero-order valence-electron chi connectivity index (χ0n) is 14.4. The Hall–Kier alpha value is -0.340. The number of hydrogen-bond acceptors (Lipinski definition) is 2. The SMILES string of the molecule is CN(C)C(=NCC1(c2ccc(Br)cc2)CCOCC1)N(C)C.I. The Morgan fingerprint density at radius 1 is 1.09 bits per heavy atom. The third kappa shape index (κ3) is 5.32. The quantitative estimate of drug-likeness (QED) is 0.364. The maximum atomic E-state index is 5.59. The number of hydrogen-bond donors (Lipinski definition) is 0. The third-order valence-corrected chi connectivity index (χ3v) is 4.76. The van der Waals surface area contributed by atoms with E-state index >= 15 is 0 Å². The summed E-state index contributed by atoms with van der Waals surface area (Å²) in [6.45, 7) is 2.42. The van der Waals surface area contributed by atoms with Gasteiger partial charge < -0.3 is 14.5 Å². The summed E-state index contributed by atoms with van der Waals surface area (Å²) in [4.78, 5) is 9.05. The highest BCUT2D eigenvalue weighted by Gasteiger charge is 2.34. The molecular weight excluding hydrogens is 469 g/mol. The number of ether oxygens (including phenoxy) is 1. The van der Waals surface area contributed by atoms with Crippen molar-refractivity contribution < 1.29 is 4.74 Å². The predicted octanol–water partition coefficient (Wildman–Crippen LogP) is 3.59. The van der Waals surface area contributed by atoms with Crippen LogP contribution in [0.2, 0.25) is 0 Å². The smallest absolute Gasteiger partial charge is 0.195 e. The normalized spacial score (nSPS) is 16.2. The van der Waals surface area contributed by atoms with Crippen molar-refractivity contribution in [1.82, 2.24) is 9.80 Å². The highest BCUT2D eigenvalue weighted by molar-refractivity contribution is 14.0. The number of aliphatic imine (C=N–C) groups is 1. The summed E-state index contributed by atoms with van der Waals surface area (Å²) in [5, 5.41) is 0. The van der Waals surface area contributed by atoms with Crippen molar-refractivity contribution in [3.05, 3.63) is 34.3 Å². The molecule has 1 heterocycles. The molecule has 0 amide bonds. The lowest BCUT2D eigenvalue weighted by molar-refractivity contribution is 0.0530. The average molecular weight is 496 g/mol. The van der Waals surface area contributed by atoms with E-state index in [1.54, 1.807) is 0 Å². The Morgan fingerprint density at radius 3 is 2.09 bits per heavy atom. The summed E-state index contributed by atoms with van der Waals surface area (Å²) in [6.07, 6.45) is 2.04. The lowest BCUT2D eigenvalue weighted by atomic mass is 9.74. The molecule has 0 aromatic heterocycles. The van der Waals surface area contributed by atoms with Gasteiger partial charge in [0, 0.05) is 51.3 Å². The van der Waals surface area contributed by atoms with Gasteiger partial charge >= 0.3 is 0 Å². The number of rotatable bonds is 3. The van der Waals surface area contributed by atoms with Gasteiger partial charge in [-0.05, 0) is 30.5 Å². The van der Waals surface area contributed by atoms with Crippen LogP contribution >= 0.6 is 39.9 Å². The van der Waals surface area contributed by atoms with Crippen LogP contribution < -0.4 is 0 Å². The molecule has 1 aliphatic rings. The maximum absolute atomic E-state index is 5.59. The molecule has 23 heavy (non-hydrogen) atoms. The molecule has 6 heteroatoms. The Morgan fingerprint density at radius 2 is 1.61 bits per heavy atom. The number of benzene rings is 1. The van der Waals surface area contributed by atoms with E-state index < -0.39 is 0 Å². The molecule has 130 valence electrons. The molecule has 0 atom stereocenters. The first-order valence-electron chi connectivity index (χ1n) is 7.67. The van der Waals surface area contributed by atoms with Gasteiger partial charge in [0.25, 0.3) is 0 Å². The number of nitrogens with zero attached hydrogens (tertiary/aromatic N) is 3. The highest BCUT2D eigenvalue weighted by Crippen LogP contribution is 2.36. The van der Waals surface area contributed by atoms with Gasteiger partial charge in [0.1, 0.15) is 0 Å². The molecule has 4 nitrogen and oxygen atoms in total. The molecule has 0 N–H and O–H groups in total. The predicted molar refractivity (Wildman–Crippen MR) is 111 cm³/mol. The molecule has 1 saturated heterocycles. The second kappa shape index (κ2) is 9.22. The van der Waals surface area contributed by atoms with E-state index in [9.17, 15) is 0 Å². The van der Waals surface area contributed by atoms with Crippen LogP contribution in [0.5, 0.6) is 0 Å². The van der Waals surface area contributed by atoms with Gasteiger partial charge in [-0.1, -0.05) is 28.1 Å². The second-order valence-corrected chi connectivity index (χ2v) is 7.22. The van der Waals surface area contributed by atoms with E-state index in [1.807, 2.05) is 28.2 Å². The van der Waals surface area contributed by atoms with Gasteiger partial charge in [-0.2, -0.15) is 0 Å². The van der Waals surface area contributed by atoms with Crippen LogP contribution in [0.3, 0.4) is 0 Å². The summed E-state index contributed by atoms with van der Waals surface area (Å²) in [6, 6.07) is 8.68. The third-order valence-electron chi connectivity index (χ3n) is 4.23. The molecule has 0 saturated carbocycles. The maximum Gasteiger partial charge on any atom is 0.195 e. The largest absolute Gasteiger partial charge is 0.381 e. The van der Waals surface area contributed by atoms with E-state index in [2.05, 4.69) is 50.0 Å². The molecule has 1 fully saturated rings. The standard InChI is InChI=1S/C17H26BrN3O.HI/c1-20(2)16(21(3)4)19-13-17(9-11-22-12-10-17)14-5-7-15(18)8-6-14;/h5-8H,9-13H2,1-4H3;1H. The summed E-state index contributed by atoms with van der Waals surface area (Å²) in [7, 11) is 8.15. The molecule has 0 radical (unpaired) electrons. The van der Waals surface area contributed by atoms with Crippen molar-refractivity contribution in [3.8, 4) is 0 Å². The van der Waals surface area contributed by atoms with Crippen LogP contribution in [0.25, 0.3) is 0 Å². The minimum atomic E-state index is 0. The number of halogens is 2. The van der Waals surface area contributed by atoms with E-state index in [1.165, 1.54) is 5.56 Å². The summed E-state index contributed by atoms with van der Waals surface area (Å²) in [5.74, 6) is 1.00. The van der Waals surface area contributed by atoms with Gasteiger partial charge in [-0.15, -0.1) is 24.0 Å². The van der Waals surface area contributed by atoms with Crippen LogP contribution in [0.1, 0.15) is 18.4 Å². The Bertz CT molecular complexity index is 501. The molecular formula is C17H27BrIN3O. The molecule has 1 aromatic rings. The van der Waals surface area contributed by atoms with Crippen LogP contribution in [0, 0.1) is 0 Å². The zero-order valence-corrected chi connectivity index (χ0v) is 18.3. The topological polar surface area (TPSA) is 28.1 Å². The molecule has 1 aliphatic heterocycles. The first kappa shape index (κ1) is 20.7. The molecule has 0 bridgehead atoms. The van der Waals surface area contributed by atoms with Gasteiger partial charge in [0.2, 0.25) is 0 Å². The van der Waals surface area contributed by atoms with Crippen LogP contribution in [-0.4, -0.2) is 63.7 Å². The van der Waals surface area contributed by atoms with Crippen LogP contribution in [0.4, 0.5) is 0 Å². The first-order chi connectivity index (χ1) is 10.4. The van der Waals surface area contributed by atoms with Gasteiger partial charge in [0.05, 0.1) is 6.54 Å². The number of guanidine groups is 1. The molecule has 1 aromatic carbocycles. The van der Waals surface area contributed by atoms with Crippen molar-refractivity contribution in [3.63, 3.8) is 0 Å². The van der Waals surface area contributed by atoms with Crippen molar-refractivity contribution in [2.75, 3.05) is 47.9 Å². The van der Waals surface area contributed by atoms with Gasteiger partial charge in [0.15, 0.2) is 5.96 Å². The van der Waals surface area contributed by atoms with E-state index in [0.29, 0.717) is 0 Å². The lowest BCUT2D eigenvalue weighted by Crippen LogP contribution is -2.40. The second-order valence-electron chi connectivity index (χ2n) is 6.30. The molecule has 0 spiro atoms.